The lowest BCUT2D eigenvalue weighted by atomic mass is 9.94. The molecule has 0 aliphatic rings. The molecule has 3 aromatic rings. The highest BCUT2D eigenvalue weighted by molar-refractivity contribution is 5.78. The summed E-state index contributed by atoms with van der Waals surface area (Å²) >= 11 is 0. The lowest BCUT2D eigenvalue weighted by Gasteiger charge is -2.12. The molecule has 0 fully saturated rings. The van der Waals surface area contributed by atoms with Gasteiger partial charge in [-0.25, -0.2) is 0 Å². The summed E-state index contributed by atoms with van der Waals surface area (Å²) in [5.41, 5.74) is 7.46. The zero-order valence-electron chi connectivity index (χ0n) is 13.3. The Hall–Kier alpha value is -2.62. The van der Waals surface area contributed by atoms with E-state index in [1.54, 1.807) is 12.1 Å². The molecule has 0 radical (unpaired) electrons. The highest BCUT2D eigenvalue weighted by atomic mass is 16.3. The van der Waals surface area contributed by atoms with E-state index in [4.69, 9.17) is 0 Å². The summed E-state index contributed by atoms with van der Waals surface area (Å²) in [6.45, 7) is 6.14. The van der Waals surface area contributed by atoms with Crippen molar-refractivity contribution in [3.8, 4) is 28.1 Å². The first-order chi connectivity index (χ1) is 10.5. The van der Waals surface area contributed by atoms with Gasteiger partial charge in [-0.2, -0.15) is 5.10 Å². The Kier molecular flexibility index (Phi) is 3.45. The molecular weight excluding hydrogens is 274 g/mol. The zero-order chi connectivity index (χ0) is 15.9. The lowest BCUT2D eigenvalue weighted by molar-refractivity contribution is 0.475. The van der Waals surface area contributed by atoms with Gasteiger partial charge in [-0.15, -0.1) is 0 Å². The van der Waals surface area contributed by atoms with E-state index in [0.717, 1.165) is 39.1 Å². The van der Waals surface area contributed by atoms with Crippen LogP contribution >= 0.6 is 0 Å². The zero-order valence-corrected chi connectivity index (χ0v) is 13.3. The number of hydrogen-bond acceptors (Lipinski definition) is 3. The van der Waals surface area contributed by atoms with E-state index in [0.29, 0.717) is 0 Å². The molecule has 0 aliphatic heterocycles. The van der Waals surface area contributed by atoms with Gasteiger partial charge in [0.05, 0.1) is 5.69 Å². The van der Waals surface area contributed by atoms with Crippen molar-refractivity contribution in [1.29, 1.82) is 0 Å². The minimum atomic E-state index is 0.281. The summed E-state index contributed by atoms with van der Waals surface area (Å²) in [6, 6.07) is 5.41. The summed E-state index contributed by atoms with van der Waals surface area (Å²) in [5.74, 6) is 0.281. The minimum Gasteiger partial charge on any atom is -0.508 e. The number of aromatic nitrogens is 3. The Balaban J connectivity index is 2.19. The third-order valence-corrected chi connectivity index (χ3v) is 3.98. The second kappa shape index (κ2) is 5.30. The van der Waals surface area contributed by atoms with Crippen molar-refractivity contribution in [1.82, 2.24) is 14.8 Å². The van der Waals surface area contributed by atoms with Crippen LogP contribution in [0.5, 0.6) is 5.75 Å². The standard InChI is InChI=1S/C18H19N3O/c1-11-7-14(22)5-6-15(11)16-8-19-9-17(13(16)3)18-12(2)10-21(4)20-18/h5-10,22H,1-4H3. The average Bonchev–Trinajstić information content (AvgIpc) is 2.79. The van der Waals surface area contributed by atoms with E-state index in [1.165, 1.54) is 0 Å². The SMILES string of the molecule is Cc1cc(O)ccc1-c1cncc(-c2nn(C)cc2C)c1C. The molecule has 4 nitrogen and oxygen atoms in total. The van der Waals surface area contributed by atoms with Crippen molar-refractivity contribution in [2.75, 3.05) is 0 Å². The smallest absolute Gasteiger partial charge is 0.115 e. The first-order valence-electron chi connectivity index (χ1n) is 7.22. The van der Waals surface area contributed by atoms with Gasteiger partial charge < -0.3 is 5.11 Å². The molecular formula is C18H19N3O. The van der Waals surface area contributed by atoms with Crippen LogP contribution in [-0.2, 0) is 7.05 Å². The van der Waals surface area contributed by atoms with Crippen LogP contribution in [0.15, 0.2) is 36.8 Å². The second-order valence-electron chi connectivity index (χ2n) is 5.69. The molecule has 0 bridgehead atoms. The van der Waals surface area contributed by atoms with Gasteiger partial charge in [0, 0.05) is 36.8 Å². The van der Waals surface area contributed by atoms with E-state index in [2.05, 4.69) is 23.9 Å². The molecule has 0 aliphatic carbocycles. The summed E-state index contributed by atoms with van der Waals surface area (Å²) in [4.78, 5) is 4.40. The van der Waals surface area contributed by atoms with Gasteiger partial charge in [0.1, 0.15) is 5.75 Å². The quantitative estimate of drug-likeness (QED) is 0.782. The number of hydrogen-bond donors (Lipinski definition) is 1. The van der Waals surface area contributed by atoms with Crippen LogP contribution in [0.4, 0.5) is 0 Å². The molecule has 0 saturated heterocycles. The molecule has 0 saturated carbocycles. The van der Waals surface area contributed by atoms with E-state index in [1.807, 2.05) is 43.3 Å². The first kappa shape index (κ1) is 14.3. The van der Waals surface area contributed by atoms with Crippen LogP contribution in [0, 0.1) is 20.8 Å². The molecule has 1 aromatic carbocycles. The van der Waals surface area contributed by atoms with Gasteiger partial charge in [-0.3, -0.25) is 9.67 Å². The van der Waals surface area contributed by atoms with Gasteiger partial charge in [0.15, 0.2) is 0 Å². The Morgan fingerprint density at radius 1 is 0.955 bits per heavy atom. The van der Waals surface area contributed by atoms with Gasteiger partial charge in [0.2, 0.25) is 0 Å². The van der Waals surface area contributed by atoms with E-state index < -0.39 is 0 Å². The lowest BCUT2D eigenvalue weighted by Crippen LogP contribution is -1.95. The minimum absolute atomic E-state index is 0.281. The number of nitrogens with zero attached hydrogens (tertiary/aromatic N) is 3. The van der Waals surface area contributed by atoms with Crippen LogP contribution in [0.3, 0.4) is 0 Å². The Labute approximate surface area is 130 Å². The number of phenolic OH excluding ortho intramolecular Hbond substituents is 1. The maximum Gasteiger partial charge on any atom is 0.115 e. The molecule has 2 heterocycles. The van der Waals surface area contributed by atoms with Crippen molar-refractivity contribution in [2.45, 2.75) is 20.8 Å². The molecule has 0 unspecified atom stereocenters. The summed E-state index contributed by atoms with van der Waals surface area (Å²) < 4.78 is 1.82. The van der Waals surface area contributed by atoms with Gasteiger partial charge in [0.25, 0.3) is 0 Å². The van der Waals surface area contributed by atoms with Gasteiger partial charge in [-0.1, -0.05) is 6.07 Å². The number of pyridine rings is 1. The molecule has 0 spiro atoms. The topological polar surface area (TPSA) is 50.9 Å². The number of benzene rings is 1. The van der Waals surface area contributed by atoms with Crippen molar-refractivity contribution >= 4 is 0 Å². The average molecular weight is 293 g/mol. The second-order valence-corrected chi connectivity index (χ2v) is 5.69. The van der Waals surface area contributed by atoms with Gasteiger partial charge in [-0.05, 0) is 55.2 Å². The van der Waals surface area contributed by atoms with Crippen molar-refractivity contribution in [3.05, 3.63) is 53.5 Å². The maximum atomic E-state index is 9.60. The van der Waals surface area contributed by atoms with E-state index in [-0.39, 0.29) is 5.75 Å². The molecule has 0 amide bonds. The van der Waals surface area contributed by atoms with Crippen LogP contribution in [0.25, 0.3) is 22.4 Å². The predicted molar refractivity (Wildman–Crippen MR) is 87.8 cm³/mol. The van der Waals surface area contributed by atoms with Crippen molar-refractivity contribution in [2.24, 2.45) is 7.05 Å². The number of aromatic hydroxyl groups is 1. The maximum absolute atomic E-state index is 9.60. The molecule has 3 rings (SSSR count). The first-order valence-corrected chi connectivity index (χ1v) is 7.22. The summed E-state index contributed by atoms with van der Waals surface area (Å²) in [5, 5.41) is 14.1. The fourth-order valence-electron chi connectivity index (χ4n) is 2.86. The molecule has 2 aromatic heterocycles. The fraction of sp³-hybridized carbons (Fsp3) is 0.222. The van der Waals surface area contributed by atoms with Crippen LogP contribution in [0.1, 0.15) is 16.7 Å². The monoisotopic (exact) mass is 293 g/mol. The van der Waals surface area contributed by atoms with Crippen LogP contribution in [0.2, 0.25) is 0 Å². The van der Waals surface area contributed by atoms with Crippen molar-refractivity contribution in [3.63, 3.8) is 0 Å². The Morgan fingerprint density at radius 3 is 2.32 bits per heavy atom. The Morgan fingerprint density at radius 2 is 1.68 bits per heavy atom. The molecule has 0 atom stereocenters. The normalized spacial score (nSPS) is 10.9. The predicted octanol–water partition coefficient (Wildman–Crippen LogP) is 3.78. The largest absolute Gasteiger partial charge is 0.508 e. The van der Waals surface area contributed by atoms with Crippen LogP contribution < -0.4 is 0 Å². The third kappa shape index (κ3) is 2.37. The Bertz CT molecular complexity index is 850. The van der Waals surface area contributed by atoms with Crippen LogP contribution in [-0.4, -0.2) is 19.9 Å². The number of phenols is 1. The summed E-state index contributed by atoms with van der Waals surface area (Å²) in [6.07, 6.45) is 5.74. The molecule has 22 heavy (non-hydrogen) atoms. The number of rotatable bonds is 2. The van der Waals surface area contributed by atoms with E-state index in [9.17, 15) is 5.11 Å². The molecule has 4 heteroatoms. The number of aryl methyl sites for hydroxylation is 3. The third-order valence-electron chi connectivity index (χ3n) is 3.98. The highest BCUT2D eigenvalue weighted by Gasteiger charge is 2.14. The van der Waals surface area contributed by atoms with E-state index >= 15 is 0 Å². The van der Waals surface area contributed by atoms with Crippen molar-refractivity contribution < 1.29 is 5.11 Å². The molecule has 1 N–H and O–H groups in total. The highest BCUT2D eigenvalue weighted by Crippen LogP contribution is 2.33. The fourth-order valence-corrected chi connectivity index (χ4v) is 2.86. The molecule has 112 valence electrons. The van der Waals surface area contributed by atoms with Gasteiger partial charge >= 0.3 is 0 Å². The summed E-state index contributed by atoms with van der Waals surface area (Å²) in [7, 11) is 1.92.